The molecule has 4 nitrogen and oxygen atoms in total. The molecule has 0 unspecified atom stereocenters. The Morgan fingerprint density at radius 3 is 2.83 bits per heavy atom. The summed E-state index contributed by atoms with van der Waals surface area (Å²) in [6.07, 6.45) is 4.56. The van der Waals surface area contributed by atoms with Crippen molar-refractivity contribution in [3.8, 4) is 11.4 Å². The predicted molar refractivity (Wildman–Crippen MR) is 76.5 cm³/mol. The number of hydrogen-bond donors (Lipinski definition) is 1. The summed E-state index contributed by atoms with van der Waals surface area (Å²) in [5.41, 5.74) is 1.84. The minimum atomic E-state index is 0.697. The molecule has 2 aromatic rings. The van der Waals surface area contributed by atoms with E-state index in [1.54, 1.807) is 12.4 Å². The van der Waals surface area contributed by atoms with Crippen molar-refractivity contribution in [2.24, 2.45) is 0 Å². The van der Waals surface area contributed by atoms with Gasteiger partial charge in [0.05, 0.1) is 10.2 Å². The zero-order valence-electron chi connectivity index (χ0n) is 10.4. The number of halogens is 1. The Kier molecular flexibility index (Phi) is 4.25. The maximum absolute atomic E-state index is 4.53. The summed E-state index contributed by atoms with van der Waals surface area (Å²) in [4.78, 5) is 13.1. The molecule has 0 aromatic carbocycles. The van der Waals surface area contributed by atoms with Crippen LogP contribution in [0.25, 0.3) is 11.4 Å². The highest BCUT2D eigenvalue weighted by molar-refractivity contribution is 9.10. The number of rotatable bonds is 4. The molecule has 94 valence electrons. The number of anilines is 1. The number of nitrogens with one attached hydrogen (secondary N) is 1. The third-order valence-corrected chi connectivity index (χ3v) is 3.43. The summed E-state index contributed by atoms with van der Waals surface area (Å²) in [5, 5.41) is 3.30. The molecule has 5 heteroatoms. The van der Waals surface area contributed by atoms with Gasteiger partial charge in [0.2, 0.25) is 0 Å². The van der Waals surface area contributed by atoms with E-state index >= 15 is 0 Å². The Bertz CT molecular complexity index is 528. The van der Waals surface area contributed by atoms with Crippen LogP contribution in [-0.2, 0) is 0 Å². The molecule has 0 spiro atoms. The third-order valence-electron chi connectivity index (χ3n) is 2.48. The Morgan fingerprint density at radius 1 is 1.33 bits per heavy atom. The van der Waals surface area contributed by atoms with Gasteiger partial charge in [0, 0.05) is 24.5 Å². The normalized spacial score (nSPS) is 10.4. The second-order valence-corrected chi connectivity index (χ2v) is 4.76. The van der Waals surface area contributed by atoms with Crippen molar-refractivity contribution in [2.45, 2.75) is 20.3 Å². The van der Waals surface area contributed by atoms with Crippen LogP contribution in [0.5, 0.6) is 0 Å². The number of aryl methyl sites for hydroxylation is 1. The highest BCUT2D eigenvalue weighted by Gasteiger charge is 2.10. The van der Waals surface area contributed by atoms with E-state index in [0.717, 1.165) is 34.5 Å². The molecule has 0 aliphatic heterocycles. The Labute approximate surface area is 115 Å². The van der Waals surface area contributed by atoms with Crippen LogP contribution in [0.15, 0.2) is 29.0 Å². The van der Waals surface area contributed by atoms with E-state index in [0.29, 0.717) is 5.82 Å². The fourth-order valence-electron chi connectivity index (χ4n) is 1.54. The molecular formula is C13H15BrN4. The van der Waals surface area contributed by atoms with Gasteiger partial charge in [0.15, 0.2) is 5.82 Å². The zero-order chi connectivity index (χ0) is 13.0. The molecule has 18 heavy (non-hydrogen) atoms. The van der Waals surface area contributed by atoms with Crippen LogP contribution in [0.2, 0.25) is 0 Å². The largest absolute Gasteiger partial charge is 0.369 e. The van der Waals surface area contributed by atoms with E-state index in [1.807, 2.05) is 19.1 Å². The quantitative estimate of drug-likeness (QED) is 0.940. The second kappa shape index (κ2) is 5.91. The number of nitrogens with zero attached hydrogens (tertiary/aromatic N) is 3. The molecule has 2 aromatic heterocycles. The fraction of sp³-hybridized carbons (Fsp3) is 0.308. The molecule has 0 saturated heterocycles. The maximum Gasteiger partial charge on any atom is 0.163 e. The molecule has 2 rings (SSSR count). The first-order chi connectivity index (χ1) is 8.72. The minimum absolute atomic E-state index is 0.697. The molecule has 0 aliphatic rings. The maximum atomic E-state index is 4.53. The Hall–Kier alpha value is -1.49. The summed E-state index contributed by atoms with van der Waals surface area (Å²) in [6, 6.07) is 3.84. The van der Waals surface area contributed by atoms with E-state index in [9.17, 15) is 0 Å². The van der Waals surface area contributed by atoms with Crippen molar-refractivity contribution < 1.29 is 0 Å². The van der Waals surface area contributed by atoms with Gasteiger partial charge in [0.25, 0.3) is 0 Å². The fourth-order valence-corrected chi connectivity index (χ4v) is 1.86. The van der Waals surface area contributed by atoms with E-state index < -0.39 is 0 Å². The lowest BCUT2D eigenvalue weighted by Crippen LogP contribution is -2.06. The number of pyridine rings is 1. The van der Waals surface area contributed by atoms with Gasteiger partial charge in [-0.25, -0.2) is 9.97 Å². The first-order valence-corrected chi connectivity index (χ1v) is 6.70. The summed E-state index contributed by atoms with van der Waals surface area (Å²) in [7, 11) is 0. The van der Waals surface area contributed by atoms with E-state index in [2.05, 4.69) is 43.1 Å². The van der Waals surface area contributed by atoms with Crippen molar-refractivity contribution in [1.82, 2.24) is 15.0 Å². The standard InChI is InChI=1S/C13H15BrN4/c1-3-6-16-13-11(14)9(2)17-12(18-13)10-5-4-7-15-8-10/h4-5,7-8H,3,6H2,1-2H3,(H,16,17,18). The van der Waals surface area contributed by atoms with Gasteiger partial charge in [-0.1, -0.05) is 6.92 Å². The van der Waals surface area contributed by atoms with Gasteiger partial charge in [-0.3, -0.25) is 4.98 Å². The highest BCUT2D eigenvalue weighted by atomic mass is 79.9. The second-order valence-electron chi connectivity index (χ2n) is 3.96. The molecule has 2 heterocycles. The summed E-state index contributed by atoms with van der Waals surface area (Å²) < 4.78 is 0.920. The summed E-state index contributed by atoms with van der Waals surface area (Å²) in [6.45, 7) is 4.97. The van der Waals surface area contributed by atoms with Crippen molar-refractivity contribution in [3.05, 3.63) is 34.7 Å². The van der Waals surface area contributed by atoms with Crippen molar-refractivity contribution in [3.63, 3.8) is 0 Å². The molecule has 0 amide bonds. The van der Waals surface area contributed by atoms with E-state index in [1.165, 1.54) is 0 Å². The van der Waals surface area contributed by atoms with Gasteiger partial charge in [-0.2, -0.15) is 0 Å². The highest BCUT2D eigenvalue weighted by Crippen LogP contribution is 2.26. The monoisotopic (exact) mass is 306 g/mol. The van der Waals surface area contributed by atoms with Gasteiger partial charge >= 0.3 is 0 Å². The SMILES string of the molecule is CCCNc1nc(-c2cccnc2)nc(C)c1Br. The molecule has 0 radical (unpaired) electrons. The number of hydrogen-bond acceptors (Lipinski definition) is 4. The van der Waals surface area contributed by atoms with Crippen LogP contribution >= 0.6 is 15.9 Å². The summed E-state index contributed by atoms with van der Waals surface area (Å²) in [5.74, 6) is 1.53. The first kappa shape index (κ1) is 13.0. The van der Waals surface area contributed by atoms with Crippen LogP contribution in [0.4, 0.5) is 5.82 Å². The van der Waals surface area contributed by atoms with Gasteiger partial charge in [0.1, 0.15) is 5.82 Å². The zero-order valence-corrected chi connectivity index (χ0v) is 12.0. The van der Waals surface area contributed by atoms with Crippen LogP contribution in [0, 0.1) is 6.92 Å². The first-order valence-electron chi connectivity index (χ1n) is 5.90. The molecule has 0 fully saturated rings. The molecule has 1 N–H and O–H groups in total. The van der Waals surface area contributed by atoms with Crippen molar-refractivity contribution in [1.29, 1.82) is 0 Å². The lowest BCUT2D eigenvalue weighted by Gasteiger charge is -2.10. The Balaban J connectivity index is 2.41. The lowest BCUT2D eigenvalue weighted by molar-refractivity contribution is 0.958. The number of aromatic nitrogens is 3. The van der Waals surface area contributed by atoms with Crippen molar-refractivity contribution in [2.75, 3.05) is 11.9 Å². The Morgan fingerprint density at radius 2 is 2.17 bits per heavy atom. The van der Waals surface area contributed by atoms with Gasteiger partial charge in [-0.05, 0) is 41.4 Å². The van der Waals surface area contributed by atoms with Crippen LogP contribution < -0.4 is 5.32 Å². The van der Waals surface area contributed by atoms with Crippen LogP contribution in [-0.4, -0.2) is 21.5 Å². The van der Waals surface area contributed by atoms with Gasteiger partial charge < -0.3 is 5.32 Å². The molecule has 0 atom stereocenters. The molecular weight excluding hydrogens is 292 g/mol. The molecule has 0 aliphatic carbocycles. The van der Waals surface area contributed by atoms with E-state index in [-0.39, 0.29) is 0 Å². The minimum Gasteiger partial charge on any atom is -0.369 e. The van der Waals surface area contributed by atoms with E-state index in [4.69, 9.17) is 0 Å². The van der Waals surface area contributed by atoms with Crippen molar-refractivity contribution >= 4 is 21.7 Å². The third kappa shape index (κ3) is 2.85. The molecule has 0 saturated carbocycles. The smallest absolute Gasteiger partial charge is 0.163 e. The van der Waals surface area contributed by atoms with Gasteiger partial charge in [-0.15, -0.1) is 0 Å². The van der Waals surface area contributed by atoms with Crippen LogP contribution in [0.1, 0.15) is 19.0 Å². The summed E-state index contributed by atoms with van der Waals surface area (Å²) >= 11 is 3.51. The molecule has 0 bridgehead atoms. The topological polar surface area (TPSA) is 50.7 Å². The average Bonchev–Trinajstić information content (AvgIpc) is 2.41. The average molecular weight is 307 g/mol. The lowest BCUT2D eigenvalue weighted by atomic mass is 10.2. The predicted octanol–water partition coefficient (Wildman–Crippen LogP) is 3.43. The van der Waals surface area contributed by atoms with Crippen LogP contribution in [0.3, 0.4) is 0 Å².